The summed E-state index contributed by atoms with van der Waals surface area (Å²) in [6.45, 7) is 1.25. The van der Waals surface area contributed by atoms with Crippen LogP contribution >= 0.6 is 11.6 Å². The van der Waals surface area contributed by atoms with Gasteiger partial charge >= 0.3 is 0 Å². The normalized spacial score (nSPS) is 12.2. The second kappa shape index (κ2) is 7.32. The Kier molecular flexibility index (Phi) is 4.73. The Balaban J connectivity index is 1.44. The summed E-state index contributed by atoms with van der Waals surface area (Å²) in [5.41, 5.74) is 2.59. The first-order valence-corrected chi connectivity index (χ1v) is 8.88. The number of carbonyl (C=O) groups is 1. The predicted octanol–water partition coefficient (Wildman–Crippen LogP) is 3.59. The maximum Gasteiger partial charge on any atom is 0.254 e. The van der Waals surface area contributed by atoms with E-state index in [9.17, 15) is 4.79 Å². The van der Waals surface area contributed by atoms with Crippen molar-refractivity contribution in [2.75, 3.05) is 13.8 Å². The zero-order chi connectivity index (χ0) is 18.8. The third kappa shape index (κ3) is 3.75. The summed E-state index contributed by atoms with van der Waals surface area (Å²) < 4.78 is 12.5. The van der Waals surface area contributed by atoms with Crippen molar-refractivity contribution in [3.63, 3.8) is 0 Å². The quantitative estimate of drug-likeness (QED) is 0.675. The Morgan fingerprint density at radius 1 is 1.22 bits per heavy atom. The van der Waals surface area contributed by atoms with Gasteiger partial charge in [-0.2, -0.15) is 5.10 Å². The van der Waals surface area contributed by atoms with Crippen LogP contribution in [0.3, 0.4) is 0 Å². The van der Waals surface area contributed by atoms with Gasteiger partial charge < -0.3 is 14.4 Å². The number of carbonyl (C=O) groups excluding carboxylic acids is 1. The third-order valence-corrected chi connectivity index (χ3v) is 4.60. The van der Waals surface area contributed by atoms with Gasteiger partial charge in [-0.05, 0) is 17.7 Å². The van der Waals surface area contributed by atoms with Gasteiger partial charge in [0.25, 0.3) is 5.91 Å². The average Bonchev–Trinajstić information content (AvgIpc) is 3.31. The molecule has 0 radical (unpaired) electrons. The lowest BCUT2D eigenvalue weighted by molar-refractivity contribution is 0.0784. The minimum Gasteiger partial charge on any atom is -0.454 e. The van der Waals surface area contributed by atoms with Crippen LogP contribution in [-0.4, -0.2) is 34.4 Å². The molecule has 0 aliphatic carbocycles. The molecule has 1 aromatic heterocycles. The van der Waals surface area contributed by atoms with Crippen molar-refractivity contribution in [2.45, 2.75) is 13.1 Å². The fourth-order valence-corrected chi connectivity index (χ4v) is 3.27. The van der Waals surface area contributed by atoms with Crippen molar-refractivity contribution < 1.29 is 14.3 Å². The molecular formula is C20H18ClN3O3. The lowest BCUT2D eigenvalue weighted by atomic mass is 10.1. The van der Waals surface area contributed by atoms with Crippen LogP contribution in [0.1, 0.15) is 21.5 Å². The van der Waals surface area contributed by atoms with E-state index in [1.807, 2.05) is 29.1 Å². The largest absolute Gasteiger partial charge is 0.454 e. The smallest absolute Gasteiger partial charge is 0.254 e. The van der Waals surface area contributed by atoms with E-state index in [0.717, 1.165) is 5.56 Å². The standard InChI is InChI=1S/C20H18ClN3O3/c1-23(20(25)16-7-17(21)19-18(8-16)26-13-27-19)10-15-9-22-24(12-15)11-14-5-3-2-4-6-14/h2-9,12H,10-11,13H2,1H3. The number of rotatable bonds is 5. The second-order valence-corrected chi connectivity index (χ2v) is 6.79. The molecule has 4 rings (SSSR count). The number of hydrogen-bond acceptors (Lipinski definition) is 4. The first-order chi connectivity index (χ1) is 13.1. The highest BCUT2D eigenvalue weighted by Gasteiger charge is 2.22. The van der Waals surface area contributed by atoms with E-state index in [1.54, 1.807) is 30.3 Å². The molecule has 7 heteroatoms. The molecule has 6 nitrogen and oxygen atoms in total. The fraction of sp³-hybridized carbons (Fsp3) is 0.200. The van der Waals surface area contributed by atoms with Crippen LogP contribution in [0.4, 0.5) is 0 Å². The monoisotopic (exact) mass is 383 g/mol. The van der Waals surface area contributed by atoms with Crippen LogP contribution in [0.25, 0.3) is 0 Å². The van der Waals surface area contributed by atoms with Gasteiger partial charge in [0.2, 0.25) is 6.79 Å². The first-order valence-electron chi connectivity index (χ1n) is 8.50. The van der Waals surface area contributed by atoms with Crippen molar-refractivity contribution >= 4 is 17.5 Å². The Labute approximate surface area is 161 Å². The molecule has 0 fully saturated rings. The van der Waals surface area contributed by atoms with Gasteiger partial charge in [0.1, 0.15) is 0 Å². The zero-order valence-corrected chi connectivity index (χ0v) is 15.5. The highest BCUT2D eigenvalue weighted by molar-refractivity contribution is 6.32. The van der Waals surface area contributed by atoms with Crippen molar-refractivity contribution in [1.29, 1.82) is 0 Å². The summed E-state index contributed by atoms with van der Waals surface area (Å²) in [5.74, 6) is 0.832. The van der Waals surface area contributed by atoms with E-state index < -0.39 is 0 Å². The van der Waals surface area contributed by atoms with Crippen LogP contribution in [0.5, 0.6) is 11.5 Å². The van der Waals surface area contributed by atoms with Gasteiger partial charge in [0, 0.05) is 30.9 Å². The first kappa shape index (κ1) is 17.4. The van der Waals surface area contributed by atoms with Gasteiger partial charge in [-0.3, -0.25) is 9.48 Å². The second-order valence-electron chi connectivity index (χ2n) is 6.38. The Bertz CT molecular complexity index is 972. The number of nitrogens with zero attached hydrogens (tertiary/aromatic N) is 3. The predicted molar refractivity (Wildman–Crippen MR) is 101 cm³/mol. The highest BCUT2D eigenvalue weighted by Crippen LogP contribution is 2.40. The Morgan fingerprint density at radius 3 is 2.85 bits per heavy atom. The molecule has 0 saturated carbocycles. The van der Waals surface area contributed by atoms with Gasteiger partial charge in [-0.25, -0.2) is 0 Å². The minimum absolute atomic E-state index is 0.114. The maximum atomic E-state index is 12.7. The molecule has 0 unspecified atom stereocenters. The SMILES string of the molecule is CN(Cc1cnn(Cc2ccccc2)c1)C(=O)c1cc(Cl)c2c(c1)OCO2. The number of aromatic nitrogens is 2. The Morgan fingerprint density at radius 2 is 2.04 bits per heavy atom. The van der Waals surface area contributed by atoms with Gasteiger partial charge in [-0.15, -0.1) is 0 Å². The number of benzene rings is 2. The maximum absolute atomic E-state index is 12.7. The van der Waals surface area contributed by atoms with Crippen LogP contribution in [0.2, 0.25) is 5.02 Å². The molecule has 0 spiro atoms. The van der Waals surface area contributed by atoms with E-state index in [-0.39, 0.29) is 12.7 Å². The lowest BCUT2D eigenvalue weighted by Crippen LogP contribution is -2.26. The molecule has 0 saturated heterocycles. The number of ether oxygens (including phenoxy) is 2. The summed E-state index contributed by atoms with van der Waals surface area (Å²) in [6.07, 6.45) is 3.72. The molecule has 27 heavy (non-hydrogen) atoms. The van der Waals surface area contributed by atoms with Crippen LogP contribution < -0.4 is 9.47 Å². The molecule has 3 aromatic rings. The zero-order valence-electron chi connectivity index (χ0n) is 14.8. The molecule has 0 N–H and O–H groups in total. The molecule has 1 amide bonds. The van der Waals surface area contributed by atoms with Crippen molar-refractivity contribution in [3.8, 4) is 11.5 Å². The molecule has 0 bridgehead atoms. The van der Waals surface area contributed by atoms with E-state index >= 15 is 0 Å². The van der Waals surface area contributed by atoms with Crippen molar-refractivity contribution in [1.82, 2.24) is 14.7 Å². The molecule has 2 aromatic carbocycles. The van der Waals surface area contributed by atoms with Gasteiger partial charge in [0.15, 0.2) is 11.5 Å². The van der Waals surface area contributed by atoms with E-state index in [1.165, 1.54) is 5.56 Å². The molecule has 2 heterocycles. The van der Waals surface area contributed by atoms with E-state index in [0.29, 0.717) is 35.2 Å². The fourth-order valence-electron chi connectivity index (χ4n) is 3.00. The molecule has 0 atom stereocenters. The minimum atomic E-state index is -0.147. The summed E-state index contributed by atoms with van der Waals surface area (Å²) >= 11 is 6.18. The van der Waals surface area contributed by atoms with Gasteiger partial charge in [-0.1, -0.05) is 41.9 Å². The number of amides is 1. The van der Waals surface area contributed by atoms with Crippen LogP contribution in [0.15, 0.2) is 54.9 Å². The number of halogens is 1. The summed E-state index contributed by atoms with van der Waals surface area (Å²) in [7, 11) is 1.75. The summed E-state index contributed by atoms with van der Waals surface area (Å²) in [5, 5.41) is 4.75. The van der Waals surface area contributed by atoms with Crippen molar-refractivity contribution in [3.05, 3.63) is 76.6 Å². The molecule has 138 valence electrons. The molecule has 1 aliphatic heterocycles. The topological polar surface area (TPSA) is 56.6 Å². The number of fused-ring (bicyclic) bond motifs is 1. The summed E-state index contributed by atoms with van der Waals surface area (Å²) in [4.78, 5) is 14.4. The molecular weight excluding hydrogens is 366 g/mol. The highest BCUT2D eigenvalue weighted by atomic mass is 35.5. The third-order valence-electron chi connectivity index (χ3n) is 4.31. The van der Waals surface area contributed by atoms with Crippen LogP contribution in [0, 0.1) is 0 Å². The van der Waals surface area contributed by atoms with E-state index in [4.69, 9.17) is 21.1 Å². The van der Waals surface area contributed by atoms with Crippen molar-refractivity contribution in [2.24, 2.45) is 0 Å². The van der Waals surface area contributed by atoms with Gasteiger partial charge in [0.05, 0.1) is 17.8 Å². The molecule has 1 aliphatic rings. The summed E-state index contributed by atoms with van der Waals surface area (Å²) in [6, 6.07) is 13.4. The lowest BCUT2D eigenvalue weighted by Gasteiger charge is -2.16. The van der Waals surface area contributed by atoms with E-state index in [2.05, 4.69) is 17.2 Å². The average molecular weight is 384 g/mol. The number of hydrogen-bond donors (Lipinski definition) is 0. The Hall–Kier alpha value is -2.99. The van der Waals surface area contributed by atoms with Crippen LogP contribution in [-0.2, 0) is 13.1 Å².